The zero-order valence-corrected chi connectivity index (χ0v) is 11.8. The molecule has 106 valence electrons. The number of likely N-dealkylation sites (tertiary alicyclic amines) is 1. The van der Waals surface area contributed by atoms with E-state index >= 15 is 0 Å². The number of fused-ring (bicyclic) bond motifs is 1. The minimum absolute atomic E-state index is 0.102. The largest absolute Gasteiger partial charge is 0.348 e. The molecule has 3 rings (SSSR count). The van der Waals surface area contributed by atoms with Crippen molar-refractivity contribution >= 4 is 28.4 Å². The van der Waals surface area contributed by atoms with Gasteiger partial charge in [-0.1, -0.05) is 11.6 Å². The fourth-order valence-corrected chi connectivity index (χ4v) is 2.84. The van der Waals surface area contributed by atoms with Crippen LogP contribution in [-0.2, 0) is 0 Å². The van der Waals surface area contributed by atoms with E-state index in [0.29, 0.717) is 40.8 Å². The molecule has 1 aromatic carbocycles. The monoisotopic (exact) mass is 295 g/mol. The number of aromatic nitrogens is 1. The maximum atomic E-state index is 13.8. The Hall–Kier alpha value is -1.59. The number of carbonyl (C=O) groups excluding carboxylic acids is 1. The van der Waals surface area contributed by atoms with E-state index in [4.69, 9.17) is 11.6 Å². The number of amides is 1. The molecule has 0 unspecified atom stereocenters. The van der Waals surface area contributed by atoms with Crippen LogP contribution >= 0.6 is 11.6 Å². The summed E-state index contributed by atoms with van der Waals surface area (Å²) in [5.74, 6) is -0.546. The molecule has 1 atom stereocenters. The fourth-order valence-electron chi connectivity index (χ4n) is 2.63. The van der Waals surface area contributed by atoms with E-state index in [9.17, 15) is 9.18 Å². The third kappa shape index (κ3) is 2.27. The van der Waals surface area contributed by atoms with Crippen molar-refractivity contribution in [3.63, 3.8) is 0 Å². The van der Waals surface area contributed by atoms with Gasteiger partial charge in [-0.05, 0) is 31.7 Å². The maximum absolute atomic E-state index is 13.8. The molecular formula is C14H15ClFN3O. The summed E-state index contributed by atoms with van der Waals surface area (Å²) in [7, 11) is 1.89. The molecule has 1 fully saturated rings. The van der Waals surface area contributed by atoms with Crippen molar-refractivity contribution in [3.8, 4) is 0 Å². The summed E-state index contributed by atoms with van der Waals surface area (Å²) in [5.41, 5.74) is 0.722. The number of rotatable bonds is 2. The molecule has 0 radical (unpaired) electrons. The molecule has 2 heterocycles. The molecule has 2 aromatic rings. The minimum Gasteiger partial charge on any atom is -0.348 e. The Kier molecular flexibility index (Phi) is 3.40. The van der Waals surface area contributed by atoms with E-state index in [2.05, 4.69) is 10.3 Å². The molecule has 4 nitrogen and oxygen atoms in total. The third-order valence-corrected chi connectivity index (χ3v) is 3.98. The smallest absolute Gasteiger partial charge is 0.270 e. The standard InChI is InChI=1S/C14H15ClFN3O/c1-17-10-2-3-19(7-10)14(20)12-5-8-4-9(15)6-11(16)13(8)18-12/h4-6,10,17-18H,2-3,7H2,1H3/t10-/m1/s1. The number of carbonyl (C=O) groups is 1. The number of likely N-dealkylation sites (N-methyl/N-ethyl adjacent to an activating group) is 1. The summed E-state index contributed by atoms with van der Waals surface area (Å²) < 4.78 is 13.8. The number of nitrogens with zero attached hydrogens (tertiary/aromatic N) is 1. The average molecular weight is 296 g/mol. The van der Waals surface area contributed by atoms with Crippen molar-refractivity contribution in [3.05, 3.63) is 34.7 Å². The van der Waals surface area contributed by atoms with Crippen LogP contribution in [0.4, 0.5) is 4.39 Å². The van der Waals surface area contributed by atoms with Crippen molar-refractivity contribution in [2.24, 2.45) is 0 Å². The van der Waals surface area contributed by atoms with Crippen LogP contribution in [0.1, 0.15) is 16.9 Å². The molecule has 2 N–H and O–H groups in total. The molecule has 1 aromatic heterocycles. The fraction of sp³-hybridized carbons (Fsp3) is 0.357. The first-order valence-corrected chi connectivity index (χ1v) is 6.90. The Bertz CT molecular complexity index is 670. The van der Waals surface area contributed by atoms with E-state index in [1.165, 1.54) is 6.07 Å². The van der Waals surface area contributed by atoms with Gasteiger partial charge in [-0.15, -0.1) is 0 Å². The van der Waals surface area contributed by atoms with Gasteiger partial charge < -0.3 is 15.2 Å². The lowest BCUT2D eigenvalue weighted by Gasteiger charge is -2.15. The van der Waals surface area contributed by atoms with E-state index in [1.807, 2.05) is 7.05 Å². The van der Waals surface area contributed by atoms with Crippen LogP contribution in [0.2, 0.25) is 5.02 Å². The number of nitrogens with one attached hydrogen (secondary N) is 2. The summed E-state index contributed by atoms with van der Waals surface area (Å²) in [4.78, 5) is 17.0. The van der Waals surface area contributed by atoms with Crippen molar-refractivity contribution in [2.75, 3.05) is 20.1 Å². The number of halogens is 2. The van der Waals surface area contributed by atoms with Gasteiger partial charge in [0.2, 0.25) is 0 Å². The van der Waals surface area contributed by atoms with Gasteiger partial charge in [0, 0.05) is 29.5 Å². The van der Waals surface area contributed by atoms with Crippen molar-refractivity contribution in [1.82, 2.24) is 15.2 Å². The van der Waals surface area contributed by atoms with Crippen LogP contribution < -0.4 is 5.32 Å². The second-order valence-corrected chi connectivity index (χ2v) is 5.50. The predicted octanol–water partition coefficient (Wildman–Crippen LogP) is 2.39. The molecule has 20 heavy (non-hydrogen) atoms. The Labute approximate surface area is 120 Å². The average Bonchev–Trinajstić information content (AvgIpc) is 3.03. The minimum atomic E-state index is -0.443. The molecule has 0 saturated carbocycles. The van der Waals surface area contributed by atoms with Crippen LogP contribution in [-0.4, -0.2) is 42.0 Å². The van der Waals surface area contributed by atoms with Gasteiger partial charge in [-0.2, -0.15) is 0 Å². The molecule has 0 aliphatic carbocycles. The summed E-state index contributed by atoms with van der Waals surface area (Å²) in [5, 5.41) is 4.10. The van der Waals surface area contributed by atoms with Crippen LogP contribution in [0.5, 0.6) is 0 Å². The highest BCUT2D eigenvalue weighted by molar-refractivity contribution is 6.31. The van der Waals surface area contributed by atoms with E-state index in [-0.39, 0.29) is 5.91 Å². The highest BCUT2D eigenvalue weighted by Gasteiger charge is 2.27. The predicted molar refractivity (Wildman–Crippen MR) is 76.6 cm³/mol. The van der Waals surface area contributed by atoms with Crippen LogP contribution in [0.3, 0.4) is 0 Å². The Balaban J connectivity index is 1.91. The topological polar surface area (TPSA) is 48.1 Å². The van der Waals surface area contributed by atoms with Crippen LogP contribution in [0, 0.1) is 5.82 Å². The van der Waals surface area contributed by atoms with Gasteiger partial charge in [-0.3, -0.25) is 4.79 Å². The molecule has 1 amide bonds. The van der Waals surface area contributed by atoms with Crippen molar-refractivity contribution in [1.29, 1.82) is 0 Å². The van der Waals surface area contributed by atoms with Gasteiger partial charge in [0.15, 0.2) is 0 Å². The van der Waals surface area contributed by atoms with Crippen molar-refractivity contribution in [2.45, 2.75) is 12.5 Å². The molecule has 0 spiro atoms. The first-order valence-electron chi connectivity index (χ1n) is 6.53. The second-order valence-electron chi connectivity index (χ2n) is 5.06. The first kappa shape index (κ1) is 13.4. The number of benzene rings is 1. The van der Waals surface area contributed by atoms with Crippen LogP contribution in [0.15, 0.2) is 18.2 Å². The normalized spacial score (nSPS) is 18.9. The van der Waals surface area contributed by atoms with E-state index in [0.717, 1.165) is 6.42 Å². The van der Waals surface area contributed by atoms with Gasteiger partial charge in [0.1, 0.15) is 11.5 Å². The molecule has 1 aliphatic rings. The Morgan fingerprint density at radius 2 is 2.30 bits per heavy atom. The molecule has 0 bridgehead atoms. The number of hydrogen-bond donors (Lipinski definition) is 2. The molecule has 1 saturated heterocycles. The zero-order valence-electron chi connectivity index (χ0n) is 11.0. The first-order chi connectivity index (χ1) is 9.58. The molecular weight excluding hydrogens is 281 g/mol. The molecule has 6 heteroatoms. The highest BCUT2D eigenvalue weighted by Crippen LogP contribution is 2.24. The van der Waals surface area contributed by atoms with Crippen LogP contribution in [0.25, 0.3) is 10.9 Å². The third-order valence-electron chi connectivity index (χ3n) is 3.76. The van der Waals surface area contributed by atoms with Gasteiger partial charge >= 0.3 is 0 Å². The van der Waals surface area contributed by atoms with Gasteiger partial charge in [0.25, 0.3) is 5.91 Å². The lowest BCUT2D eigenvalue weighted by Crippen LogP contribution is -2.33. The number of hydrogen-bond acceptors (Lipinski definition) is 2. The van der Waals surface area contributed by atoms with Gasteiger partial charge in [0.05, 0.1) is 5.52 Å². The van der Waals surface area contributed by atoms with E-state index in [1.54, 1.807) is 17.0 Å². The van der Waals surface area contributed by atoms with Crippen molar-refractivity contribution < 1.29 is 9.18 Å². The van der Waals surface area contributed by atoms with Gasteiger partial charge in [-0.25, -0.2) is 4.39 Å². The lowest BCUT2D eigenvalue weighted by molar-refractivity contribution is 0.0785. The molecule has 1 aliphatic heterocycles. The summed E-state index contributed by atoms with van der Waals surface area (Å²) in [6.45, 7) is 1.39. The van der Waals surface area contributed by atoms with E-state index < -0.39 is 5.82 Å². The summed E-state index contributed by atoms with van der Waals surface area (Å²) in [6.07, 6.45) is 0.933. The number of H-pyrrole nitrogens is 1. The summed E-state index contributed by atoms with van der Waals surface area (Å²) in [6, 6.07) is 4.86. The summed E-state index contributed by atoms with van der Waals surface area (Å²) >= 11 is 5.82. The Morgan fingerprint density at radius 1 is 1.50 bits per heavy atom. The quantitative estimate of drug-likeness (QED) is 0.894. The zero-order chi connectivity index (χ0) is 14.3. The Morgan fingerprint density at radius 3 is 3.00 bits per heavy atom. The maximum Gasteiger partial charge on any atom is 0.270 e. The second kappa shape index (κ2) is 5.07. The number of aromatic amines is 1. The lowest BCUT2D eigenvalue weighted by atomic mass is 10.2. The highest BCUT2D eigenvalue weighted by atomic mass is 35.5. The SMILES string of the molecule is CN[C@@H]1CCN(C(=O)c2cc3cc(Cl)cc(F)c3[nH]2)C1.